The number of nitro groups is 1. The number of nitrogens with zero attached hydrogens (tertiary/aromatic N) is 2. The second kappa shape index (κ2) is 8.07. The van der Waals surface area contributed by atoms with Crippen LogP contribution in [0.1, 0.15) is 18.4 Å². The van der Waals surface area contributed by atoms with Gasteiger partial charge in [0.1, 0.15) is 0 Å². The number of benzene rings is 1. The van der Waals surface area contributed by atoms with E-state index < -0.39 is 4.92 Å². The van der Waals surface area contributed by atoms with E-state index in [9.17, 15) is 15.2 Å². The molecule has 1 aromatic rings. The third-order valence-corrected chi connectivity index (χ3v) is 3.79. The number of hydrogen-bond donors (Lipinski definition) is 2. The van der Waals surface area contributed by atoms with E-state index in [4.69, 9.17) is 0 Å². The predicted molar refractivity (Wildman–Crippen MR) is 81.4 cm³/mol. The number of β-amino-alcohol motifs (C(OH)–C–C–N with tert-alkyl or cyclic N) is 1. The van der Waals surface area contributed by atoms with Gasteiger partial charge in [-0.3, -0.25) is 10.1 Å². The van der Waals surface area contributed by atoms with Gasteiger partial charge in [0.2, 0.25) is 0 Å². The van der Waals surface area contributed by atoms with Crippen molar-refractivity contribution in [2.45, 2.75) is 25.4 Å². The Labute approximate surface area is 124 Å². The molecular weight excluding hydrogens is 270 g/mol. The lowest BCUT2D eigenvalue weighted by atomic mass is 10.1. The monoisotopic (exact) mass is 293 g/mol. The van der Waals surface area contributed by atoms with Gasteiger partial charge < -0.3 is 15.3 Å². The first kappa shape index (κ1) is 15.9. The van der Waals surface area contributed by atoms with Crippen molar-refractivity contribution in [1.29, 1.82) is 0 Å². The van der Waals surface area contributed by atoms with E-state index in [-0.39, 0.29) is 11.8 Å². The molecule has 116 valence electrons. The van der Waals surface area contributed by atoms with Crippen LogP contribution in [0.5, 0.6) is 0 Å². The van der Waals surface area contributed by atoms with Crippen molar-refractivity contribution < 1.29 is 10.0 Å². The minimum atomic E-state index is -0.392. The molecule has 2 rings (SSSR count). The number of aliphatic hydroxyl groups excluding tert-OH is 1. The van der Waals surface area contributed by atoms with E-state index in [1.54, 1.807) is 12.1 Å². The van der Waals surface area contributed by atoms with Crippen LogP contribution in [0.4, 0.5) is 5.69 Å². The molecule has 0 amide bonds. The molecule has 0 spiro atoms. The minimum absolute atomic E-state index is 0.118. The van der Waals surface area contributed by atoms with Gasteiger partial charge in [0, 0.05) is 25.2 Å². The average Bonchev–Trinajstić information content (AvgIpc) is 2.97. The molecule has 1 atom stereocenters. The van der Waals surface area contributed by atoms with E-state index in [0.717, 1.165) is 38.2 Å². The van der Waals surface area contributed by atoms with Gasteiger partial charge >= 0.3 is 0 Å². The summed E-state index contributed by atoms with van der Waals surface area (Å²) in [4.78, 5) is 12.5. The van der Waals surface area contributed by atoms with E-state index in [1.807, 2.05) is 0 Å². The molecular formula is C15H23N3O3. The van der Waals surface area contributed by atoms with Crippen LogP contribution in [0, 0.1) is 10.1 Å². The summed E-state index contributed by atoms with van der Waals surface area (Å²) in [6.07, 6.45) is 2.94. The molecule has 1 heterocycles. The first-order chi connectivity index (χ1) is 10.1. The van der Waals surface area contributed by atoms with Gasteiger partial charge in [-0.25, -0.2) is 0 Å². The zero-order valence-corrected chi connectivity index (χ0v) is 12.2. The van der Waals surface area contributed by atoms with Crippen molar-refractivity contribution in [3.63, 3.8) is 0 Å². The fraction of sp³-hybridized carbons (Fsp3) is 0.600. The largest absolute Gasteiger partial charge is 0.390 e. The second-order valence-electron chi connectivity index (χ2n) is 5.54. The molecule has 21 heavy (non-hydrogen) atoms. The number of nitrogens with one attached hydrogen (secondary N) is 1. The first-order valence-corrected chi connectivity index (χ1v) is 7.49. The Morgan fingerprint density at radius 2 is 1.95 bits per heavy atom. The Morgan fingerprint density at radius 3 is 2.57 bits per heavy atom. The van der Waals surface area contributed by atoms with Crippen LogP contribution < -0.4 is 5.32 Å². The van der Waals surface area contributed by atoms with Crippen LogP contribution in [0.3, 0.4) is 0 Å². The molecule has 0 aromatic heterocycles. The second-order valence-corrected chi connectivity index (χ2v) is 5.54. The highest BCUT2D eigenvalue weighted by atomic mass is 16.6. The van der Waals surface area contributed by atoms with Crippen LogP contribution in [-0.2, 0) is 6.42 Å². The molecule has 0 saturated carbocycles. The molecule has 2 N–H and O–H groups in total. The van der Waals surface area contributed by atoms with Crippen molar-refractivity contribution in [3.05, 3.63) is 39.9 Å². The van der Waals surface area contributed by atoms with Crippen molar-refractivity contribution in [2.24, 2.45) is 0 Å². The number of aliphatic hydroxyl groups is 1. The number of hydrogen-bond acceptors (Lipinski definition) is 5. The lowest BCUT2D eigenvalue weighted by molar-refractivity contribution is -0.384. The summed E-state index contributed by atoms with van der Waals surface area (Å²) in [6.45, 7) is 4.28. The topological polar surface area (TPSA) is 78.6 Å². The van der Waals surface area contributed by atoms with Gasteiger partial charge in [0.05, 0.1) is 11.0 Å². The summed E-state index contributed by atoms with van der Waals surface area (Å²) in [5.74, 6) is 0. The molecule has 0 bridgehead atoms. The molecule has 1 aromatic carbocycles. The Balaban J connectivity index is 1.61. The predicted octanol–water partition coefficient (Wildman–Crippen LogP) is 1.18. The standard InChI is InChI=1S/C15H23N3O3/c19-15(12-17-9-1-2-10-17)11-16-8-7-13-3-5-14(6-4-13)18(20)21/h3-6,15-16,19H,1-2,7-12H2. The van der Waals surface area contributed by atoms with E-state index in [1.165, 1.54) is 25.0 Å². The SMILES string of the molecule is O=[N+]([O-])c1ccc(CCNCC(O)CN2CCCC2)cc1. The number of nitro benzene ring substituents is 1. The quantitative estimate of drug-likeness (QED) is 0.427. The highest BCUT2D eigenvalue weighted by Gasteiger charge is 2.15. The van der Waals surface area contributed by atoms with Crippen LogP contribution in [0.2, 0.25) is 0 Å². The normalized spacial score (nSPS) is 17.0. The smallest absolute Gasteiger partial charge is 0.269 e. The molecule has 0 radical (unpaired) electrons. The molecule has 1 aliphatic heterocycles. The lowest BCUT2D eigenvalue weighted by Crippen LogP contribution is -2.37. The van der Waals surface area contributed by atoms with Crippen molar-refractivity contribution in [1.82, 2.24) is 10.2 Å². The Hall–Kier alpha value is -1.50. The van der Waals surface area contributed by atoms with Gasteiger partial charge in [-0.05, 0) is 44.5 Å². The molecule has 1 saturated heterocycles. The Kier molecular flexibility index (Phi) is 6.10. The van der Waals surface area contributed by atoms with Gasteiger partial charge in [-0.15, -0.1) is 0 Å². The fourth-order valence-electron chi connectivity index (χ4n) is 2.61. The maximum Gasteiger partial charge on any atom is 0.269 e. The molecule has 6 heteroatoms. The number of non-ortho nitro benzene ring substituents is 1. The van der Waals surface area contributed by atoms with E-state index >= 15 is 0 Å². The third kappa shape index (κ3) is 5.41. The lowest BCUT2D eigenvalue weighted by Gasteiger charge is -2.19. The van der Waals surface area contributed by atoms with Gasteiger partial charge in [0.15, 0.2) is 0 Å². The highest BCUT2D eigenvalue weighted by molar-refractivity contribution is 5.32. The summed E-state index contributed by atoms with van der Waals surface area (Å²) >= 11 is 0. The zero-order valence-electron chi connectivity index (χ0n) is 12.2. The first-order valence-electron chi connectivity index (χ1n) is 7.49. The number of rotatable bonds is 8. The summed E-state index contributed by atoms with van der Waals surface area (Å²) in [5.41, 5.74) is 1.18. The molecule has 1 aliphatic rings. The van der Waals surface area contributed by atoms with E-state index in [0.29, 0.717) is 6.54 Å². The van der Waals surface area contributed by atoms with Crippen LogP contribution in [-0.4, -0.2) is 53.8 Å². The fourth-order valence-corrected chi connectivity index (χ4v) is 2.61. The minimum Gasteiger partial charge on any atom is -0.390 e. The van der Waals surface area contributed by atoms with Crippen molar-refractivity contribution in [3.8, 4) is 0 Å². The van der Waals surface area contributed by atoms with Crippen LogP contribution in [0.15, 0.2) is 24.3 Å². The summed E-state index contributed by atoms with van der Waals surface area (Å²) in [7, 11) is 0. The maximum absolute atomic E-state index is 10.6. The highest BCUT2D eigenvalue weighted by Crippen LogP contribution is 2.12. The molecule has 1 fully saturated rings. The average molecular weight is 293 g/mol. The van der Waals surface area contributed by atoms with Gasteiger partial charge in [-0.2, -0.15) is 0 Å². The number of likely N-dealkylation sites (tertiary alicyclic amines) is 1. The summed E-state index contributed by atoms with van der Waals surface area (Å²) in [6, 6.07) is 6.61. The molecule has 6 nitrogen and oxygen atoms in total. The van der Waals surface area contributed by atoms with Crippen LogP contribution in [0.25, 0.3) is 0 Å². The summed E-state index contributed by atoms with van der Waals surface area (Å²) < 4.78 is 0. The zero-order chi connectivity index (χ0) is 15.1. The molecule has 0 aliphatic carbocycles. The van der Waals surface area contributed by atoms with Gasteiger partial charge in [-0.1, -0.05) is 12.1 Å². The third-order valence-electron chi connectivity index (χ3n) is 3.79. The van der Waals surface area contributed by atoms with Crippen molar-refractivity contribution in [2.75, 3.05) is 32.7 Å². The van der Waals surface area contributed by atoms with Gasteiger partial charge in [0.25, 0.3) is 5.69 Å². The Bertz CT molecular complexity index is 444. The molecule has 1 unspecified atom stereocenters. The summed E-state index contributed by atoms with van der Waals surface area (Å²) in [5, 5.41) is 23.7. The van der Waals surface area contributed by atoms with Crippen molar-refractivity contribution >= 4 is 5.69 Å². The van der Waals surface area contributed by atoms with E-state index in [2.05, 4.69) is 10.2 Å². The Morgan fingerprint density at radius 1 is 1.29 bits per heavy atom. The maximum atomic E-state index is 10.6. The van der Waals surface area contributed by atoms with Crippen LogP contribution >= 0.6 is 0 Å².